The summed E-state index contributed by atoms with van der Waals surface area (Å²) < 4.78 is 5.14. The molecule has 0 aliphatic heterocycles. The van der Waals surface area contributed by atoms with Crippen molar-refractivity contribution in [3.05, 3.63) is 24.3 Å². The Hall–Kier alpha value is -2.77. The summed E-state index contributed by atoms with van der Waals surface area (Å²) in [6.07, 6.45) is -0.529. The summed E-state index contributed by atoms with van der Waals surface area (Å²) in [6.45, 7) is 5.37. The molecule has 0 saturated heterocycles. The summed E-state index contributed by atoms with van der Waals surface area (Å²) >= 11 is 0. The maximum atomic E-state index is 11.6. The molecule has 0 unspecified atom stereocenters. The predicted octanol–water partition coefficient (Wildman–Crippen LogP) is 1.25. The number of amides is 1. The molecule has 0 fully saturated rings. The van der Waals surface area contributed by atoms with E-state index < -0.39 is 11.7 Å². The lowest BCUT2D eigenvalue weighted by Gasteiger charge is -2.19. The third-order valence-corrected chi connectivity index (χ3v) is 2.00. The van der Waals surface area contributed by atoms with Crippen molar-refractivity contribution in [1.29, 1.82) is 0 Å². The van der Waals surface area contributed by atoms with Gasteiger partial charge in [-0.2, -0.15) is 4.99 Å². The van der Waals surface area contributed by atoms with Gasteiger partial charge in [0, 0.05) is 5.69 Å². The number of benzene rings is 1. The number of rotatable bonds is 2. The zero-order chi connectivity index (χ0) is 16.0. The number of guanidine groups is 2. The molecule has 1 amide bonds. The van der Waals surface area contributed by atoms with Crippen molar-refractivity contribution in [3.63, 3.8) is 0 Å². The van der Waals surface area contributed by atoms with Gasteiger partial charge in [-0.3, -0.25) is 5.32 Å². The summed E-state index contributed by atoms with van der Waals surface area (Å²) in [5.74, 6) is -0.220. The minimum absolute atomic E-state index is 0.0529. The van der Waals surface area contributed by atoms with Crippen LogP contribution in [0.4, 0.5) is 16.2 Å². The highest BCUT2D eigenvalue weighted by Crippen LogP contribution is 2.17. The second kappa shape index (κ2) is 6.60. The number of hydrogen-bond acceptors (Lipinski definition) is 3. The predicted molar refractivity (Wildman–Crippen MR) is 83.4 cm³/mol. The molecule has 0 heterocycles. The van der Waals surface area contributed by atoms with Crippen molar-refractivity contribution in [3.8, 4) is 0 Å². The molecule has 0 radical (unpaired) electrons. The van der Waals surface area contributed by atoms with Gasteiger partial charge in [-0.25, -0.2) is 9.79 Å². The Morgan fingerprint density at radius 3 is 2.19 bits per heavy atom. The van der Waals surface area contributed by atoms with E-state index in [4.69, 9.17) is 21.9 Å². The van der Waals surface area contributed by atoms with Crippen molar-refractivity contribution in [2.75, 3.05) is 5.32 Å². The number of nitrogens with two attached hydrogens (primary N) is 3. The van der Waals surface area contributed by atoms with Gasteiger partial charge in [0.1, 0.15) is 5.60 Å². The maximum absolute atomic E-state index is 11.6. The topological polar surface area (TPSA) is 141 Å². The van der Waals surface area contributed by atoms with Gasteiger partial charge in [0.15, 0.2) is 5.96 Å². The largest absolute Gasteiger partial charge is 0.444 e. The summed E-state index contributed by atoms with van der Waals surface area (Å²) in [5.41, 5.74) is 16.4. The van der Waals surface area contributed by atoms with Gasteiger partial charge >= 0.3 is 6.09 Å². The van der Waals surface area contributed by atoms with Gasteiger partial charge in [0.2, 0.25) is 5.96 Å². The fraction of sp³-hybridized carbons (Fsp3) is 0.308. The third kappa shape index (κ3) is 6.81. The number of carbonyl (C=O) groups is 1. The molecule has 1 aromatic rings. The van der Waals surface area contributed by atoms with E-state index in [1.54, 1.807) is 45.0 Å². The van der Waals surface area contributed by atoms with Crippen LogP contribution < -0.4 is 22.5 Å². The van der Waals surface area contributed by atoms with Crippen LogP contribution in [0.2, 0.25) is 0 Å². The Bertz CT molecular complexity index is 553. The number of anilines is 1. The molecule has 0 aromatic heterocycles. The van der Waals surface area contributed by atoms with E-state index in [2.05, 4.69) is 15.3 Å². The minimum atomic E-state index is -0.553. The molecular weight excluding hydrogens is 272 g/mol. The van der Waals surface area contributed by atoms with Crippen LogP contribution in [-0.4, -0.2) is 23.6 Å². The Morgan fingerprint density at radius 1 is 1.14 bits per heavy atom. The molecule has 8 nitrogen and oxygen atoms in total. The number of ether oxygens (including phenoxy) is 1. The van der Waals surface area contributed by atoms with E-state index in [1.807, 2.05) is 0 Å². The van der Waals surface area contributed by atoms with Crippen LogP contribution in [-0.2, 0) is 4.74 Å². The van der Waals surface area contributed by atoms with Crippen LogP contribution in [0.5, 0.6) is 0 Å². The van der Waals surface area contributed by atoms with E-state index in [-0.39, 0.29) is 11.9 Å². The highest BCUT2D eigenvalue weighted by atomic mass is 16.6. The quantitative estimate of drug-likeness (QED) is 0.479. The summed E-state index contributed by atoms with van der Waals surface area (Å²) in [6, 6.07) is 6.63. The highest BCUT2D eigenvalue weighted by molar-refractivity contribution is 5.93. The number of hydrogen-bond donors (Lipinski definition) is 4. The Kier molecular flexibility index (Phi) is 5.12. The molecule has 0 aliphatic rings. The second-order valence-electron chi connectivity index (χ2n) is 5.18. The first kappa shape index (κ1) is 16.3. The lowest BCUT2D eigenvalue weighted by atomic mass is 10.2. The molecule has 7 N–H and O–H groups in total. The van der Waals surface area contributed by atoms with Crippen LogP contribution in [0.25, 0.3) is 0 Å². The average molecular weight is 292 g/mol. The Labute approximate surface area is 123 Å². The molecule has 0 atom stereocenters. The van der Waals surface area contributed by atoms with Crippen molar-refractivity contribution in [2.24, 2.45) is 27.2 Å². The number of nitrogens with zero attached hydrogens (tertiary/aromatic N) is 2. The van der Waals surface area contributed by atoms with Gasteiger partial charge < -0.3 is 21.9 Å². The third-order valence-electron chi connectivity index (χ3n) is 2.00. The first-order chi connectivity index (χ1) is 9.65. The molecule has 1 rings (SSSR count). The Balaban J connectivity index is 2.71. The molecule has 1 aromatic carbocycles. The van der Waals surface area contributed by atoms with E-state index in [1.165, 1.54) is 0 Å². The van der Waals surface area contributed by atoms with Crippen molar-refractivity contribution in [2.45, 2.75) is 26.4 Å². The normalized spacial score (nSPS) is 11.7. The van der Waals surface area contributed by atoms with Crippen LogP contribution in [0.3, 0.4) is 0 Å². The highest BCUT2D eigenvalue weighted by Gasteiger charge is 2.15. The SMILES string of the molecule is CC(C)(C)OC(=O)Nc1ccc(N=C(N)N=C(N)N)cc1. The molecule has 0 saturated carbocycles. The summed E-state index contributed by atoms with van der Waals surface area (Å²) in [7, 11) is 0. The van der Waals surface area contributed by atoms with Gasteiger partial charge in [-0.1, -0.05) is 0 Å². The molecule has 21 heavy (non-hydrogen) atoms. The van der Waals surface area contributed by atoms with Gasteiger partial charge in [-0.15, -0.1) is 0 Å². The second-order valence-corrected chi connectivity index (χ2v) is 5.18. The molecular formula is C13H20N6O2. The molecule has 114 valence electrons. The van der Waals surface area contributed by atoms with Gasteiger partial charge in [0.05, 0.1) is 5.69 Å². The fourth-order valence-corrected chi connectivity index (χ4v) is 1.33. The van der Waals surface area contributed by atoms with Crippen LogP contribution >= 0.6 is 0 Å². The fourth-order valence-electron chi connectivity index (χ4n) is 1.33. The van der Waals surface area contributed by atoms with Crippen molar-refractivity contribution < 1.29 is 9.53 Å². The van der Waals surface area contributed by atoms with Crippen LogP contribution in [0.1, 0.15) is 20.8 Å². The molecule has 0 aliphatic carbocycles. The molecule has 8 heteroatoms. The zero-order valence-electron chi connectivity index (χ0n) is 12.3. The van der Waals surface area contributed by atoms with Crippen molar-refractivity contribution in [1.82, 2.24) is 0 Å². The first-order valence-corrected chi connectivity index (χ1v) is 6.19. The van der Waals surface area contributed by atoms with E-state index in [0.717, 1.165) is 0 Å². The number of aliphatic imine (C=N–C) groups is 2. The van der Waals surface area contributed by atoms with Crippen LogP contribution in [0.15, 0.2) is 34.3 Å². The first-order valence-electron chi connectivity index (χ1n) is 6.19. The summed E-state index contributed by atoms with van der Waals surface area (Å²) in [5, 5.41) is 2.60. The van der Waals surface area contributed by atoms with E-state index >= 15 is 0 Å². The lowest BCUT2D eigenvalue weighted by molar-refractivity contribution is 0.0636. The van der Waals surface area contributed by atoms with E-state index in [9.17, 15) is 4.79 Å². The standard InChI is InChI=1S/C13H20N6O2/c1-13(2,3)21-12(20)18-9-6-4-8(5-7-9)17-11(16)19-10(14)15/h4-7H,1-3H3,(H,18,20)(H6,14,15,16,17,19). The minimum Gasteiger partial charge on any atom is -0.444 e. The molecule has 0 bridgehead atoms. The lowest BCUT2D eigenvalue weighted by Crippen LogP contribution is -2.27. The number of nitrogens with one attached hydrogen (secondary N) is 1. The number of carbonyl (C=O) groups excluding carboxylic acids is 1. The molecule has 0 spiro atoms. The summed E-state index contributed by atoms with van der Waals surface area (Å²) in [4.78, 5) is 19.2. The van der Waals surface area contributed by atoms with Gasteiger partial charge in [-0.05, 0) is 45.0 Å². The smallest absolute Gasteiger partial charge is 0.412 e. The monoisotopic (exact) mass is 292 g/mol. The zero-order valence-corrected chi connectivity index (χ0v) is 12.3. The Morgan fingerprint density at radius 2 is 1.71 bits per heavy atom. The van der Waals surface area contributed by atoms with E-state index in [0.29, 0.717) is 11.4 Å². The average Bonchev–Trinajstić information content (AvgIpc) is 2.27. The van der Waals surface area contributed by atoms with Crippen LogP contribution in [0, 0.1) is 0 Å². The van der Waals surface area contributed by atoms with Crippen molar-refractivity contribution >= 4 is 29.4 Å². The maximum Gasteiger partial charge on any atom is 0.412 e. The van der Waals surface area contributed by atoms with Gasteiger partial charge in [0.25, 0.3) is 0 Å².